The van der Waals surface area contributed by atoms with Crippen LogP contribution in [0.3, 0.4) is 0 Å². The number of aliphatic hydroxyl groups is 1. The topological polar surface area (TPSA) is 106 Å². The van der Waals surface area contributed by atoms with E-state index >= 15 is 0 Å². The van der Waals surface area contributed by atoms with Gasteiger partial charge in [0.25, 0.3) is 0 Å². The van der Waals surface area contributed by atoms with Gasteiger partial charge in [-0.3, -0.25) is 0 Å². The van der Waals surface area contributed by atoms with Crippen molar-refractivity contribution in [2.24, 2.45) is 0 Å². The van der Waals surface area contributed by atoms with Crippen LogP contribution >= 0.6 is 0 Å². The summed E-state index contributed by atoms with van der Waals surface area (Å²) < 4.78 is 12.0. The molecular weight excluding hydrogens is 295 g/mol. The molecule has 4 N–H and O–H groups in total. The maximum Gasteiger partial charge on any atom is 0.492 e. The van der Waals surface area contributed by atoms with Gasteiger partial charge < -0.3 is 25.1 Å². The van der Waals surface area contributed by atoms with Gasteiger partial charge in [0.1, 0.15) is 17.8 Å². The van der Waals surface area contributed by atoms with E-state index in [0.29, 0.717) is 16.9 Å². The quantitative estimate of drug-likeness (QED) is 0.742. The lowest BCUT2D eigenvalue weighted by molar-refractivity contribution is 0.00578. The molecule has 0 saturated carbocycles. The number of hydrogen-bond donors (Lipinski definition) is 3. The summed E-state index contributed by atoms with van der Waals surface area (Å²) in [5.41, 5.74) is 7.06. The largest absolute Gasteiger partial charge is 0.492 e. The van der Waals surface area contributed by atoms with Gasteiger partial charge in [-0.25, -0.2) is 9.97 Å². The summed E-state index contributed by atoms with van der Waals surface area (Å²) in [6, 6.07) is 0. The van der Waals surface area contributed by atoms with Crippen LogP contribution in [0.2, 0.25) is 0 Å². The van der Waals surface area contributed by atoms with E-state index in [1.54, 1.807) is 12.3 Å². The Hall–Kier alpha value is -1.90. The molecule has 0 amide bonds. The van der Waals surface area contributed by atoms with Crippen molar-refractivity contribution in [1.29, 1.82) is 0 Å². The molecule has 2 aromatic heterocycles. The van der Waals surface area contributed by atoms with Crippen molar-refractivity contribution in [2.75, 3.05) is 12.3 Å². The van der Waals surface area contributed by atoms with Gasteiger partial charge in [0.2, 0.25) is 0 Å². The van der Waals surface area contributed by atoms with E-state index in [9.17, 15) is 5.11 Å². The Morgan fingerprint density at radius 1 is 1.30 bits per heavy atom. The lowest BCUT2D eigenvalue weighted by Crippen LogP contribution is -2.41. The molecule has 7 nitrogen and oxygen atoms in total. The summed E-state index contributed by atoms with van der Waals surface area (Å²) in [5.74, 6) is 0.383. The molecule has 122 valence electrons. The average Bonchev–Trinajstić information content (AvgIpc) is 2.96. The molecule has 3 heterocycles. The standard InChI is InChI=1S/C15H21BN4O3/c1-14(2)15(3,4)23-16(22-14)10(7-21)5-9-6-18-13-11(9)12(17)19-8-20-13/h5-6,8,21H,7H2,1-4H3,(H3,17,18,19,20). The van der Waals surface area contributed by atoms with Crippen molar-refractivity contribution < 1.29 is 14.4 Å². The summed E-state index contributed by atoms with van der Waals surface area (Å²) >= 11 is 0. The fourth-order valence-electron chi connectivity index (χ4n) is 2.51. The van der Waals surface area contributed by atoms with E-state index in [1.807, 2.05) is 27.7 Å². The smallest absolute Gasteiger partial charge is 0.400 e. The van der Waals surface area contributed by atoms with Gasteiger partial charge in [0.05, 0.1) is 23.2 Å². The van der Waals surface area contributed by atoms with E-state index in [2.05, 4.69) is 15.0 Å². The first-order valence-corrected chi connectivity index (χ1v) is 7.50. The number of nitrogen functional groups attached to an aromatic ring is 1. The number of aromatic nitrogens is 3. The SMILES string of the molecule is CC1(C)OB(C(=Cc2c[nH]c3ncnc(N)c23)CO)OC1(C)C. The number of aromatic amines is 1. The summed E-state index contributed by atoms with van der Waals surface area (Å²) in [7, 11) is -0.610. The first-order chi connectivity index (χ1) is 10.7. The minimum Gasteiger partial charge on any atom is -0.400 e. The number of hydrogen-bond acceptors (Lipinski definition) is 6. The Morgan fingerprint density at radius 3 is 2.57 bits per heavy atom. The normalized spacial score (nSPS) is 20.4. The maximum absolute atomic E-state index is 9.77. The molecular formula is C15H21BN4O3. The van der Waals surface area contributed by atoms with Crippen LogP contribution < -0.4 is 5.73 Å². The molecule has 1 aliphatic rings. The number of nitrogens with two attached hydrogens (primary N) is 1. The van der Waals surface area contributed by atoms with E-state index < -0.39 is 18.3 Å². The van der Waals surface area contributed by atoms with E-state index in [1.165, 1.54) is 6.33 Å². The fraction of sp³-hybridized carbons (Fsp3) is 0.467. The molecule has 0 bridgehead atoms. The monoisotopic (exact) mass is 316 g/mol. The molecule has 0 radical (unpaired) electrons. The van der Waals surface area contributed by atoms with Gasteiger partial charge in [-0.05, 0) is 33.2 Å². The zero-order valence-electron chi connectivity index (χ0n) is 13.8. The average molecular weight is 316 g/mol. The maximum atomic E-state index is 9.77. The zero-order valence-corrected chi connectivity index (χ0v) is 13.8. The third-order valence-electron chi connectivity index (χ3n) is 4.61. The van der Waals surface area contributed by atoms with Crippen LogP contribution in [-0.2, 0) is 9.31 Å². The molecule has 0 aliphatic carbocycles. The minimum absolute atomic E-state index is 0.183. The molecule has 1 saturated heterocycles. The van der Waals surface area contributed by atoms with Crippen LogP contribution in [0.25, 0.3) is 17.1 Å². The van der Waals surface area contributed by atoms with Crippen LogP contribution in [-0.4, -0.2) is 45.0 Å². The highest BCUT2D eigenvalue weighted by Crippen LogP contribution is 2.39. The number of anilines is 1. The van der Waals surface area contributed by atoms with Crippen molar-refractivity contribution in [1.82, 2.24) is 15.0 Å². The van der Waals surface area contributed by atoms with E-state index in [-0.39, 0.29) is 6.61 Å². The second-order valence-corrected chi connectivity index (χ2v) is 6.69. The Morgan fingerprint density at radius 2 is 1.96 bits per heavy atom. The highest BCUT2D eigenvalue weighted by atomic mass is 16.7. The van der Waals surface area contributed by atoms with Crippen LogP contribution in [0.15, 0.2) is 18.0 Å². The number of rotatable bonds is 3. The number of H-pyrrole nitrogens is 1. The molecule has 3 rings (SSSR count). The predicted molar refractivity (Wildman–Crippen MR) is 89.4 cm³/mol. The minimum atomic E-state index is -0.610. The highest BCUT2D eigenvalue weighted by Gasteiger charge is 2.52. The van der Waals surface area contributed by atoms with Gasteiger partial charge in [-0.1, -0.05) is 6.08 Å². The molecule has 0 aromatic carbocycles. The molecule has 1 fully saturated rings. The van der Waals surface area contributed by atoms with Crippen molar-refractivity contribution in [2.45, 2.75) is 38.9 Å². The molecule has 8 heteroatoms. The Kier molecular flexibility index (Phi) is 3.70. The third kappa shape index (κ3) is 2.63. The molecule has 0 spiro atoms. The highest BCUT2D eigenvalue weighted by molar-refractivity contribution is 6.56. The predicted octanol–water partition coefficient (Wildman–Crippen LogP) is 1.55. The van der Waals surface area contributed by atoms with Crippen molar-refractivity contribution >= 4 is 30.0 Å². The van der Waals surface area contributed by atoms with Crippen molar-refractivity contribution in [3.8, 4) is 0 Å². The van der Waals surface area contributed by atoms with Crippen molar-refractivity contribution in [3.05, 3.63) is 23.6 Å². The first-order valence-electron chi connectivity index (χ1n) is 7.50. The fourth-order valence-corrected chi connectivity index (χ4v) is 2.51. The van der Waals surface area contributed by atoms with Crippen LogP contribution in [0.5, 0.6) is 0 Å². The Bertz CT molecular complexity index is 753. The third-order valence-corrected chi connectivity index (χ3v) is 4.61. The van der Waals surface area contributed by atoms with Gasteiger partial charge in [0.15, 0.2) is 0 Å². The first kappa shape index (κ1) is 16.0. The zero-order chi connectivity index (χ0) is 16.8. The van der Waals surface area contributed by atoms with Gasteiger partial charge in [-0.2, -0.15) is 0 Å². The summed E-state index contributed by atoms with van der Waals surface area (Å²) in [5, 5.41) is 10.5. The number of nitrogens with one attached hydrogen (secondary N) is 1. The molecule has 2 aromatic rings. The molecule has 1 aliphatic heterocycles. The van der Waals surface area contributed by atoms with Crippen molar-refractivity contribution in [3.63, 3.8) is 0 Å². The van der Waals surface area contributed by atoms with E-state index in [4.69, 9.17) is 15.0 Å². The lowest BCUT2D eigenvalue weighted by Gasteiger charge is -2.32. The lowest BCUT2D eigenvalue weighted by atomic mass is 9.77. The number of aliphatic hydroxyl groups excluding tert-OH is 1. The second kappa shape index (κ2) is 5.33. The number of fused-ring (bicyclic) bond motifs is 1. The van der Waals surface area contributed by atoms with Gasteiger partial charge >= 0.3 is 7.12 Å². The molecule has 0 atom stereocenters. The Labute approximate surface area is 135 Å². The summed E-state index contributed by atoms with van der Waals surface area (Å²) in [6.45, 7) is 7.70. The van der Waals surface area contributed by atoms with Crippen LogP contribution in [0, 0.1) is 0 Å². The van der Waals surface area contributed by atoms with Crippen LogP contribution in [0.4, 0.5) is 5.82 Å². The number of nitrogens with zero attached hydrogens (tertiary/aromatic N) is 2. The summed E-state index contributed by atoms with van der Waals surface area (Å²) in [6.07, 6.45) is 4.99. The molecule has 23 heavy (non-hydrogen) atoms. The van der Waals surface area contributed by atoms with E-state index in [0.717, 1.165) is 10.9 Å². The van der Waals surface area contributed by atoms with Gasteiger partial charge in [0, 0.05) is 11.8 Å². The van der Waals surface area contributed by atoms with Crippen LogP contribution in [0.1, 0.15) is 33.3 Å². The molecule has 0 unspecified atom stereocenters. The van der Waals surface area contributed by atoms with Gasteiger partial charge in [-0.15, -0.1) is 0 Å². The second-order valence-electron chi connectivity index (χ2n) is 6.69. The Balaban J connectivity index is 2.00. The summed E-state index contributed by atoms with van der Waals surface area (Å²) in [4.78, 5) is 11.2.